The Bertz CT molecular complexity index is 206. The summed E-state index contributed by atoms with van der Waals surface area (Å²) in [6, 6.07) is 0.0647. The van der Waals surface area contributed by atoms with E-state index < -0.39 is 0 Å². The van der Waals surface area contributed by atoms with Gasteiger partial charge < -0.3 is 15.7 Å². The minimum atomic E-state index is -0.0232. The molecule has 2 atom stereocenters. The fraction of sp³-hybridized carbons (Fsp3) is 0.909. The second-order valence-corrected chi connectivity index (χ2v) is 4.52. The van der Waals surface area contributed by atoms with Crippen LogP contribution in [-0.2, 0) is 4.79 Å². The molecule has 1 heterocycles. The third-order valence-electron chi connectivity index (χ3n) is 2.95. The molecule has 3 N–H and O–H groups in total. The van der Waals surface area contributed by atoms with Gasteiger partial charge in [0.15, 0.2) is 0 Å². The molecule has 0 saturated carbocycles. The molecule has 4 nitrogen and oxygen atoms in total. The molecular formula is C11H23ClN2O2. The van der Waals surface area contributed by atoms with E-state index in [0.717, 1.165) is 19.4 Å². The second kappa shape index (κ2) is 7.87. The minimum Gasteiger partial charge on any atom is -0.396 e. The van der Waals surface area contributed by atoms with Gasteiger partial charge in [-0.3, -0.25) is 4.79 Å². The van der Waals surface area contributed by atoms with Crippen molar-refractivity contribution in [2.75, 3.05) is 13.2 Å². The van der Waals surface area contributed by atoms with Gasteiger partial charge in [-0.2, -0.15) is 0 Å². The van der Waals surface area contributed by atoms with Crippen LogP contribution in [-0.4, -0.2) is 36.2 Å². The van der Waals surface area contributed by atoms with Gasteiger partial charge in [0.25, 0.3) is 0 Å². The van der Waals surface area contributed by atoms with Crippen LogP contribution in [0.15, 0.2) is 0 Å². The fourth-order valence-electron chi connectivity index (χ4n) is 1.90. The summed E-state index contributed by atoms with van der Waals surface area (Å²) in [7, 11) is 0. The van der Waals surface area contributed by atoms with Crippen LogP contribution in [0, 0.1) is 5.92 Å². The van der Waals surface area contributed by atoms with Gasteiger partial charge in [-0.15, -0.1) is 12.4 Å². The van der Waals surface area contributed by atoms with Gasteiger partial charge in [0.2, 0.25) is 5.91 Å². The molecule has 1 aliphatic rings. The third-order valence-corrected chi connectivity index (χ3v) is 2.95. The van der Waals surface area contributed by atoms with Crippen molar-refractivity contribution in [2.24, 2.45) is 5.92 Å². The number of carbonyl (C=O) groups excluding carboxylic acids is 1. The van der Waals surface area contributed by atoms with Crippen molar-refractivity contribution in [2.45, 2.75) is 45.2 Å². The zero-order chi connectivity index (χ0) is 11.3. The van der Waals surface area contributed by atoms with Crippen molar-refractivity contribution in [3.63, 3.8) is 0 Å². The van der Waals surface area contributed by atoms with Gasteiger partial charge in [-0.25, -0.2) is 0 Å². The van der Waals surface area contributed by atoms with E-state index in [2.05, 4.69) is 24.5 Å². The number of nitrogens with one attached hydrogen (secondary N) is 2. The standard InChI is InChI=1S/C11H22N2O2.ClH/c1-8(2)9(5-7-14)13-11(15)10-4-3-6-12-10;/h8-10,12,14H,3-7H2,1-2H3,(H,13,15);1H. The monoisotopic (exact) mass is 250 g/mol. The van der Waals surface area contributed by atoms with E-state index in [1.54, 1.807) is 0 Å². The van der Waals surface area contributed by atoms with Gasteiger partial charge >= 0.3 is 0 Å². The number of rotatable bonds is 5. The molecule has 0 aromatic rings. The van der Waals surface area contributed by atoms with Gasteiger partial charge in [0.05, 0.1) is 6.04 Å². The number of hydrogen-bond donors (Lipinski definition) is 3. The van der Waals surface area contributed by atoms with Gasteiger partial charge in [-0.05, 0) is 31.7 Å². The molecule has 2 unspecified atom stereocenters. The highest BCUT2D eigenvalue weighted by atomic mass is 35.5. The first-order chi connectivity index (χ1) is 7.15. The Kier molecular flexibility index (Phi) is 7.72. The number of aliphatic hydroxyl groups is 1. The smallest absolute Gasteiger partial charge is 0.237 e. The maximum atomic E-state index is 11.8. The molecule has 0 radical (unpaired) electrons. The highest BCUT2D eigenvalue weighted by molar-refractivity contribution is 5.85. The number of hydrogen-bond acceptors (Lipinski definition) is 3. The molecule has 1 rings (SSSR count). The van der Waals surface area contributed by atoms with E-state index in [0.29, 0.717) is 12.3 Å². The van der Waals surface area contributed by atoms with Gasteiger partial charge in [0.1, 0.15) is 0 Å². The van der Waals surface area contributed by atoms with Crippen LogP contribution in [0.2, 0.25) is 0 Å². The summed E-state index contributed by atoms with van der Waals surface area (Å²) in [6.45, 7) is 5.18. The number of halogens is 1. The predicted octanol–water partition coefficient (Wildman–Crippen LogP) is 0.683. The molecule has 0 aliphatic carbocycles. The SMILES string of the molecule is CC(C)C(CCO)NC(=O)C1CCCN1.Cl. The molecule has 0 spiro atoms. The van der Waals surface area contributed by atoms with E-state index in [1.807, 2.05) is 0 Å². The molecule has 1 saturated heterocycles. The van der Waals surface area contributed by atoms with E-state index >= 15 is 0 Å². The van der Waals surface area contributed by atoms with Crippen LogP contribution in [0.1, 0.15) is 33.1 Å². The molecule has 0 aromatic carbocycles. The Morgan fingerprint density at radius 2 is 2.25 bits per heavy atom. The molecule has 1 fully saturated rings. The van der Waals surface area contributed by atoms with Crippen LogP contribution in [0.4, 0.5) is 0 Å². The first-order valence-corrected chi connectivity index (χ1v) is 5.79. The van der Waals surface area contributed by atoms with Crippen molar-refractivity contribution in [1.29, 1.82) is 0 Å². The maximum Gasteiger partial charge on any atom is 0.237 e. The topological polar surface area (TPSA) is 61.4 Å². The average molecular weight is 251 g/mol. The van der Waals surface area contributed by atoms with Gasteiger partial charge in [0, 0.05) is 12.6 Å². The van der Waals surface area contributed by atoms with E-state index in [-0.39, 0.29) is 37.0 Å². The summed E-state index contributed by atoms with van der Waals surface area (Å²) < 4.78 is 0. The number of aliphatic hydroxyl groups excluding tert-OH is 1. The second-order valence-electron chi connectivity index (χ2n) is 4.52. The van der Waals surface area contributed by atoms with Crippen molar-refractivity contribution < 1.29 is 9.90 Å². The lowest BCUT2D eigenvalue weighted by molar-refractivity contribution is -0.123. The first-order valence-electron chi connectivity index (χ1n) is 5.79. The van der Waals surface area contributed by atoms with Crippen molar-refractivity contribution in [3.8, 4) is 0 Å². The molecular weight excluding hydrogens is 228 g/mol. The van der Waals surface area contributed by atoms with E-state index in [9.17, 15) is 4.79 Å². The molecule has 0 bridgehead atoms. The Balaban J connectivity index is 0.00000225. The first kappa shape index (κ1) is 15.7. The largest absolute Gasteiger partial charge is 0.396 e. The molecule has 1 aliphatic heterocycles. The van der Waals surface area contributed by atoms with Crippen molar-refractivity contribution >= 4 is 18.3 Å². The normalized spacial score (nSPS) is 21.6. The predicted molar refractivity (Wildman–Crippen MR) is 66.7 cm³/mol. The molecule has 1 amide bonds. The number of amides is 1. The minimum absolute atomic E-state index is 0. The zero-order valence-electron chi connectivity index (χ0n) is 10.0. The zero-order valence-corrected chi connectivity index (χ0v) is 10.8. The van der Waals surface area contributed by atoms with E-state index in [4.69, 9.17) is 5.11 Å². The van der Waals surface area contributed by atoms with Crippen molar-refractivity contribution in [3.05, 3.63) is 0 Å². The summed E-state index contributed by atoms with van der Waals surface area (Å²) >= 11 is 0. The third kappa shape index (κ3) is 4.68. The van der Waals surface area contributed by atoms with Crippen LogP contribution in [0.3, 0.4) is 0 Å². The van der Waals surface area contributed by atoms with Gasteiger partial charge in [-0.1, -0.05) is 13.8 Å². The van der Waals surface area contributed by atoms with Crippen LogP contribution >= 0.6 is 12.4 Å². The van der Waals surface area contributed by atoms with Crippen LogP contribution in [0.5, 0.6) is 0 Å². The maximum absolute atomic E-state index is 11.8. The molecule has 16 heavy (non-hydrogen) atoms. The Hall–Kier alpha value is -0.320. The Labute approximate surface area is 104 Å². The summed E-state index contributed by atoms with van der Waals surface area (Å²) in [5.74, 6) is 0.446. The van der Waals surface area contributed by atoms with Crippen molar-refractivity contribution in [1.82, 2.24) is 10.6 Å². The van der Waals surface area contributed by atoms with E-state index in [1.165, 1.54) is 0 Å². The summed E-state index contributed by atoms with van der Waals surface area (Å²) in [4.78, 5) is 11.8. The quantitative estimate of drug-likeness (QED) is 0.673. The lowest BCUT2D eigenvalue weighted by atomic mass is 10.0. The molecule has 5 heteroatoms. The Morgan fingerprint density at radius 3 is 2.69 bits per heavy atom. The van der Waals surface area contributed by atoms with Crippen LogP contribution in [0.25, 0.3) is 0 Å². The lowest BCUT2D eigenvalue weighted by Gasteiger charge is -2.23. The average Bonchev–Trinajstić information content (AvgIpc) is 2.69. The summed E-state index contributed by atoms with van der Waals surface area (Å²) in [5.41, 5.74) is 0. The van der Waals surface area contributed by atoms with Crippen LogP contribution < -0.4 is 10.6 Å². The highest BCUT2D eigenvalue weighted by Crippen LogP contribution is 2.09. The number of carbonyl (C=O) groups is 1. The molecule has 96 valence electrons. The molecule has 0 aromatic heterocycles. The summed E-state index contributed by atoms with van der Waals surface area (Å²) in [6.07, 6.45) is 2.64. The fourth-order valence-corrected chi connectivity index (χ4v) is 1.90. The lowest BCUT2D eigenvalue weighted by Crippen LogP contribution is -2.47. The summed E-state index contributed by atoms with van der Waals surface area (Å²) in [5, 5.41) is 15.1. The Morgan fingerprint density at radius 1 is 1.56 bits per heavy atom. The highest BCUT2D eigenvalue weighted by Gasteiger charge is 2.24.